The molecule has 0 saturated carbocycles. The Morgan fingerprint density at radius 2 is 1.96 bits per heavy atom. The molecule has 0 spiro atoms. The fourth-order valence-electron chi connectivity index (χ4n) is 3.06. The molecule has 1 amide bonds. The molecule has 1 N–H and O–H groups in total. The second-order valence-corrected chi connectivity index (χ2v) is 8.81. The van der Waals surface area contributed by atoms with E-state index in [-0.39, 0.29) is 28.8 Å². The summed E-state index contributed by atoms with van der Waals surface area (Å²) in [5.41, 5.74) is 0.850. The second-order valence-electron chi connectivity index (χ2n) is 6.67. The summed E-state index contributed by atoms with van der Waals surface area (Å²) in [6.07, 6.45) is 0.102. The lowest BCUT2D eigenvalue weighted by Crippen LogP contribution is -2.48. The number of hydrogen-bond acceptors (Lipinski definition) is 6. The highest BCUT2D eigenvalue weighted by Gasteiger charge is 2.23. The molecule has 0 aliphatic carbocycles. The summed E-state index contributed by atoms with van der Waals surface area (Å²) < 4.78 is 32.2. The summed E-state index contributed by atoms with van der Waals surface area (Å²) in [7, 11) is -3.74. The Labute approximate surface area is 169 Å². The van der Waals surface area contributed by atoms with Gasteiger partial charge in [0.1, 0.15) is 4.90 Å². The highest BCUT2D eigenvalue weighted by molar-refractivity contribution is 7.89. The highest BCUT2D eigenvalue weighted by Crippen LogP contribution is 2.20. The number of aromatic nitrogens is 1. The van der Waals surface area contributed by atoms with E-state index in [4.69, 9.17) is 16.1 Å². The first-order valence-electron chi connectivity index (χ1n) is 9.02. The SMILES string of the molecule is Cc1cc(CN2CCN(C(=O)CCNS(=O)(=O)c3ccccc3Cl)CC2)on1. The molecule has 152 valence electrons. The van der Waals surface area contributed by atoms with Crippen molar-refractivity contribution in [3.63, 3.8) is 0 Å². The van der Waals surface area contributed by atoms with Gasteiger partial charge in [0.2, 0.25) is 15.9 Å². The van der Waals surface area contributed by atoms with E-state index in [0.29, 0.717) is 19.6 Å². The van der Waals surface area contributed by atoms with Gasteiger partial charge in [-0.1, -0.05) is 28.9 Å². The Kier molecular flexibility index (Phi) is 6.71. The molecule has 0 unspecified atom stereocenters. The van der Waals surface area contributed by atoms with Crippen LogP contribution in [0.3, 0.4) is 0 Å². The summed E-state index contributed by atoms with van der Waals surface area (Å²) in [6, 6.07) is 8.12. The van der Waals surface area contributed by atoms with Gasteiger partial charge in [-0.3, -0.25) is 9.69 Å². The number of sulfonamides is 1. The molecule has 3 rings (SSSR count). The zero-order valence-electron chi connectivity index (χ0n) is 15.6. The van der Waals surface area contributed by atoms with Crippen molar-refractivity contribution in [2.45, 2.75) is 24.8 Å². The van der Waals surface area contributed by atoms with Crippen LogP contribution in [0.15, 0.2) is 39.8 Å². The van der Waals surface area contributed by atoms with E-state index in [2.05, 4.69) is 14.8 Å². The predicted octanol–water partition coefficient (Wildman–Crippen LogP) is 1.65. The van der Waals surface area contributed by atoms with Gasteiger partial charge >= 0.3 is 0 Å². The number of halogens is 1. The third-order valence-corrected chi connectivity index (χ3v) is 6.50. The number of nitrogens with zero attached hydrogens (tertiary/aromatic N) is 3. The molecule has 0 radical (unpaired) electrons. The number of carbonyl (C=O) groups excluding carboxylic acids is 1. The van der Waals surface area contributed by atoms with Gasteiger partial charge in [0.25, 0.3) is 0 Å². The first-order chi connectivity index (χ1) is 13.3. The van der Waals surface area contributed by atoms with E-state index in [1.165, 1.54) is 12.1 Å². The van der Waals surface area contributed by atoms with Crippen LogP contribution in [-0.4, -0.2) is 62.0 Å². The average molecular weight is 427 g/mol. The molecular formula is C18H23ClN4O4S. The molecule has 28 heavy (non-hydrogen) atoms. The van der Waals surface area contributed by atoms with Gasteiger partial charge in [-0.15, -0.1) is 0 Å². The first-order valence-corrected chi connectivity index (χ1v) is 10.9. The third kappa shape index (κ3) is 5.32. The molecule has 1 fully saturated rings. The van der Waals surface area contributed by atoms with E-state index < -0.39 is 10.0 Å². The van der Waals surface area contributed by atoms with E-state index in [1.54, 1.807) is 17.0 Å². The van der Waals surface area contributed by atoms with Crippen LogP contribution < -0.4 is 4.72 Å². The van der Waals surface area contributed by atoms with Crippen molar-refractivity contribution in [2.24, 2.45) is 0 Å². The number of nitrogens with one attached hydrogen (secondary N) is 1. The van der Waals surface area contributed by atoms with Gasteiger partial charge < -0.3 is 9.42 Å². The van der Waals surface area contributed by atoms with Crippen molar-refractivity contribution >= 4 is 27.5 Å². The van der Waals surface area contributed by atoms with Crippen LogP contribution >= 0.6 is 11.6 Å². The quantitative estimate of drug-likeness (QED) is 0.723. The molecule has 0 atom stereocenters. The number of benzene rings is 1. The van der Waals surface area contributed by atoms with Crippen LogP contribution in [0.2, 0.25) is 5.02 Å². The highest BCUT2D eigenvalue weighted by atomic mass is 35.5. The number of carbonyl (C=O) groups is 1. The molecule has 2 aromatic rings. The average Bonchev–Trinajstić information content (AvgIpc) is 3.07. The van der Waals surface area contributed by atoms with Crippen LogP contribution in [0, 0.1) is 6.92 Å². The normalized spacial score (nSPS) is 15.7. The fraction of sp³-hybridized carbons (Fsp3) is 0.444. The van der Waals surface area contributed by atoms with E-state index in [1.807, 2.05) is 13.0 Å². The van der Waals surface area contributed by atoms with E-state index >= 15 is 0 Å². The summed E-state index contributed by atoms with van der Waals surface area (Å²) in [6.45, 7) is 5.24. The zero-order chi connectivity index (χ0) is 20.1. The van der Waals surface area contributed by atoms with Gasteiger partial charge in [0.05, 0.1) is 17.3 Å². The summed E-state index contributed by atoms with van der Waals surface area (Å²) in [5.74, 6) is 0.739. The van der Waals surface area contributed by atoms with Crippen LogP contribution in [0.5, 0.6) is 0 Å². The van der Waals surface area contributed by atoms with Gasteiger partial charge in [-0.2, -0.15) is 0 Å². The lowest BCUT2D eigenvalue weighted by atomic mass is 10.2. The molecule has 0 bridgehead atoms. The van der Waals surface area contributed by atoms with Gasteiger partial charge in [0, 0.05) is 45.2 Å². The monoisotopic (exact) mass is 426 g/mol. The lowest BCUT2D eigenvalue weighted by Gasteiger charge is -2.34. The van der Waals surface area contributed by atoms with E-state index in [0.717, 1.165) is 24.5 Å². The molecular weight excluding hydrogens is 404 g/mol. The van der Waals surface area contributed by atoms with Gasteiger partial charge in [-0.05, 0) is 19.1 Å². The largest absolute Gasteiger partial charge is 0.360 e. The smallest absolute Gasteiger partial charge is 0.242 e. The Morgan fingerprint density at radius 3 is 2.61 bits per heavy atom. The van der Waals surface area contributed by atoms with Gasteiger partial charge in [0.15, 0.2) is 5.76 Å². The number of amides is 1. The fourth-order valence-corrected chi connectivity index (χ4v) is 4.61. The number of aryl methyl sites for hydroxylation is 1. The van der Waals surface area contributed by atoms with Crippen LogP contribution in [0.4, 0.5) is 0 Å². The number of hydrogen-bond donors (Lipinski definition) is 1. The van der Waals surface area contributed by atoms with Crippen LogP contribution in [0.1, 0.15) is 17.9 Å². The van der Waals surface area contributed by atoms with Crippen molar-refractivity contribution in [1.82, 2.24) is 19.7 Å². The van der Waals surface area contributed by atoms with Crippen molar-refractivity contribution in [2.75, 3.05) is 32.7 Å². The maximum absolute atomic E-state index is 12.4. The lowest BCUT2D eigenvalue weighted by molar-refractivity contribution is -0.132. The molecule has 1 aliphatic rings. The van der Waals surface area contributed by atoms with Crippen molar-refractivity contribution in [1.29, 1.82) is 0 Å². The Morgan fingerprint density at radius 1 is 1.25 bits per heavy atom. The van der Waals surface area contributed by atoms with Crippen molar-refractivity contribution in [3.05, 3.63) is 46.8 Å². The summed E-state index contributed by atoms with van der Waals surface area (Å²) in [5, 5.41) is 4.03. The number of rotatable bonds is 7. The second kappa shape index (κ2) is 9.04. The Balaban J connectivity index is 1.43. The Bertz CT molecular complexity index is 923. The minimum absolute atomic E-state index is 0.0142. The minimum atomic E-state index is -3.74. The van der Waals surface area contributed by atoms with Crippen LogP contribution in [0.25, 0.3) is 0 Å². The van der Waals surface area contributed by atoms with Crippen LogP contribution in [-0.2, 0) is 21.4 Å². The summed E-state index contributed by atoms with van der Waals surface area (Å²) in [4.78, 5) is 16.3. The molecule has 10 heteroatoms. The topological polar surface area (TPSA) is 95.8 Å². The Hall–Kier alpha value is -1.94. The maximum Gasteiger partial charge on any atom is 0.242 e. The molecule has 1 aliphatic heterocycles. The van der Waals surface area contributed by atoms with E-state index in [9.17, 15) is 13.2 Å². The summed E-state index contributed by atoms with van der Waals surface area (Å²) >= 11 is 5.94. The third-order valence-electron chi connectivity index (χ3n) is 4.54. The van der Waals surface area contributed by atoms with Crippen molar-refractivity contribution < 1.29 is 17.7 Å². The molecule has 1 saturated heterocycles. The maximum atomic E-state index is 12.4. The van der Waals surface area contributed by atoms with Crippen molar-refractivity contribution in [3.8, 4) is 0 Å². The number of piperazine rings is 1. The predicted molar refractivity (Wildman–Crippen MR) is 104 cm³/mol. The molecule has 1 aromatic heterocycles. The van der Waals surface area contributed by atoms with Gasteiger partial charge in [-0.25, -0.2) is 13.1 Å². The molecule has 1 aromatic carbocycles. The minimum Gasteiger partial charge on any atom is -0.360 e. The standard InChI is InChI=1S/C18H23ClN4O4S/c1-14-12-15(27-21-14)13-22-8-10-23(11-9-22)18(24)6-7-20-28(25,26)17-5-3-2-4-16(17)19/h2-5,12,20H,6-11,13H2,1H3. The molecule has 2 heterocycles. The zero-order valence-corrected chi connectivity index (χ0v) is 17.2. The first kappa shape index (κ1) is 20.8. The molecule has 8 nitrogen and oxygen atoms in total.